The van der Waals surface area contributed by atoms with Crippen LogP contribution < -0.4 is 10.8 Å². The molecular formula is C28H30N4O5. The zero-order valence-corrected chi connectivity index (χ0v) is 20.4. The number of amides is 2. The molecule has 2 aromatic heterocycles. The highest BCUT2D eigenvalue weighted by Crippen LogP contribution is 2.19. The van der Waals surface area contributed by atoms with E-state index in [0.29, 0.717) is 18.8 Å². The van der Waals surface area contributed by atoms with Crippen LogP contribution in [0, 0.1) is 0 Å². The summed E-state index contributed by atoms with van der Waals surface area (Å²) in [4.78, 5) is 28.8. The normalized spacial score (nSPS) is 11.3. The lowest BCUT2D eigenvalue weighted by molar-refractivity contribution is -0.124. The number of H-pyrrole nitrogens is 1. The Hall–Kier alpha value is -4.34. The fourth-order valence-corrected chi connectivity index (χ4v) is 3.98. The number of carbonyl (C=O) groups excluding carboxylic acids is 2. The molecule has 0 saturated carbocycles. The summed E-state index contributed by atoms with van der Waals surface area (Å²) in [5, 5.41) is 12.5. The average molecular weight is 503 g/mol. The van der Waals surface area contributed by atoms with Crippen LogP contribution in [0.15, 0.2) is 83.6 Å². The molecule has 0 unspecified atom stereocenters. The molecule has 9 heteroatoms. The van der Waals surface area contributed by atoms with Crippen LogP contribution in [0.25, 0.3) is 17.0 Å². The zero-order valence-electron chi connectivity index (χ0n) is 20.4. The molecule has 9 nitrogen and oxygen atoms in total. The van der Waals surface area contributed by atoms with Gasteiger partial charge in [0.1, 0.15) is 12.4 Å². The minimum atomic E-state index is -0.583. The maximum atomic E-state index is 12.1. The SMILES string of the molecule is O=C(/C=C/c1ccc(CN(CCOC(=O)NCc2ccco2)CCc2c[nH]c3ccccc23)cc1)NO. The highest BCUT2D eigenvalue weighted by Gasteiger charge is 2.11. The molecule has 0 bridgehead atoms. The van der Waals surface area contributed by atoms with Crippen LogP contribution >= 0.6 is 0 Å². The Kier molecular flexibility index (Phi) is 9.12. The number of ether oxygens (including phenoxy) is 1. The fourth-order valence-electron chi connectivity index (χ4n) is 3.98. The smallest absolute Gasteiger partial charge is 0.407 e. The van der Waals surface area contributed by atoms with Gasteiger partial charge in [0.2, 0.25) is 0 Å². The second kappa shape index (κ2) is 13.1. The number of nitrogens with one attached hydrogen (secondary N) is 3. The number of para-hydroxylation sites is 1. The van der Waals surface area contributed by atoms with E-state index in [-0.39, 0.29) is 13.2 Å². The van der Waals surface area contributed by atoms with Crippen molar-refractivity contribution in [3.05, 3.63) is 102 Å². The summed E-state index contributed by atoms with van der Waals surface area (Å²) in [5.41, 5.74) is 5.85. The minimum absolute atomic E-state index is 0.245. The minimum Gasteiger partial charge on any atom is -0.467 e. The first-order chi connectivity index (χ1) is 18.1. The van der Waals surface area contributed by atoms with Crippen molar-refractivity contribution in [3.8, 4) is 0 Å². The number of hydroxylamine groups is 1. The molecule has 2 aromatic carbocycles. The number of hydrogen-bond acceptors (Lipinski definition) is 6. The van der Waals surface area contributed by atoms with Crippen molar-refractivity contribution in [1.29, 1.82) is 0 Å². The number of furan rings is 1. The number of aromatic nitrogens is 1. The largest absolute Gasteiger partial charge is 0.467 e. The molecule has 0 radical (unpaired) electrons. The summed E-state index contributed by atoms with van der Waals surface area (Å²) < 4.78 is 10.6. The summed E-state index contributed by atoms with van der Waals surface area (Å²) in [6.07, 6.45) is 6.84. The van der Waals surface area contributed by atoms with E-state index < -0.39 is 12.0 Å². The lowest BCUT2D eigenvalue weighted by Crippen LogP contribution is -2.32. The molecule has 0 aliphatic carbocycles. The number of nitrogens with zero attached hydrogens (tertiary/aromatic N) is 1. The van der Waals surface area contributed by atoms with Gasteiger partial charge in [-0.05, 0) is 47.4 Å². The van der Waals surface area contributed by atoms with Crippen molar-refractivity contribution in [2.45, 2.75) is 19.5 Å². The molecule has 37 heavy (non-hydrogen) atoms. The molecule has 4 aromatic rings. The van der Waals surface area contributed by atoms with Gasteiger partial charge in [-0.3, -0.25) is 14.9 Å². The lowest BCUT2D eigenvalue weighted by atomic mass is 10.1. The van der Waals surface area contributed by atoms with Gasteiger partial charge in [-0.2, -0.15) is 0 Å². The molecule has 2 heterocycles. The van der Waals surface area contributed by atoms with Crippen LogP contribution in [0.5, 0.6) is 0 Å². The van der Waals surface area contributed by atoms with Crippen molar-refractivity contribution in [2.24, 2.45) is 0 Å². The predicted molar refractivity (Wildman–Crippen MR) is 140 cm³/mol. The van der Waals surface area contributed by atoms with Crippen molar-refractivity contribution in [3.63, 3.8) is 0 Å². The van der Waals surface area contributed by atoms with Gasteiger partial charge in [0.05, 0.1) is 12.8 Å². The van der Waals surface area contributed by atoms with Crippen LogP contribution in [-0.2, 0) is 29.0 Å². The second-order valence-electron chi connectivity index (χ2n) is 8.51. The van der Waals surface area contributed by atoms with Gasteiger partial charge in [-0.1, -0.05) is 42.5 Å². The molecule has 4 rings (SSSR count). The number of fused-ring (bicyclic) bond motifs is 1. The Labute approximate surface area is 214 Å². The first-order valence-electron chi connectivity index (χ1n) is 12.0. The Morgan fingerprint density at radius 2 is 1.89 bits per heavy atom. The zero-order chi connectivity index (χ0) is 25.9. The van der Waals surface area contributed by atoms with Crippen molar-refractivity contribution in [2.75, 3.05) is 19.7 Å². The van der Waals surface area contributed by atoms with Crippen LogP contribution in [0.4, 0.5) is 4.79 Å². The van der Waals surface area contributed by atoms with Crippen molar-refractivity contribution >= 4 is 29.0 Å². The molecule has 0 fully saturated rings. The van der Waals surface area contributed by atoms with E-state index in [9.17, 15) is 9.59 Å². The topological polar surface area (TPSA) is 120 Å². The molecular weight excluding hydrogens is 472 g/mol. The monoisotopic (exact) mass is 502 g/mol. The molecule has 0 aliphatic rings. The Balaban J connectivity index is 1.35. The van der Waals surface area contributed by atoms with Gasteiger partial charge >= 0.3 is 6.09 Å². The highest BCUT2D eigenvalue weighted by molar-refractivity contribution is 5.90. The van der Waals surface area contributed by atoms with Crippen LogP contribution in [-0.4, -0.2) is 46.8 Å². The number of aromatic amines is 1. The summed E-state index contributed by atoms with van der Waals surface area (Å²) >= 11 is 0. The third-order valence-electron chi connectivity index (χ3n) is 5.92. The van der Waals surface area contributed by atoms with E-state index in [1.165, 1.54) is 17.0 Å². The molecule has 0 saturated heterocycles. The highest BCUT2D eigenvalue weighted by atomic mass is 16.5. The van der Waals surface area contributed by atoms with Crippen LogP contribution in [0.1, 0.15) is 22.5 Å². The van der Waals surface area contributed by atoms with Crippen molar-refractivity contribution in [1.82, 2.24) is 20.7 Å². The van der Waals surface area contributed by atoms with Gasteiger partial charge in [-0.25, -0.2) is 10.3 Å². The summed E-state index contributed by atoms with van der Waals surface area (Å²) in [5.74, 6) is 0.0771. The fraction of sp³-hybridized carbons (Fsp3) is 0.214. The van der Waals surface area contributed by atoms with E-state index in [1.807, 2.05) is 42.6 Å². The molecule has 2 amide bonds. The van der Waals surface area contributed by atoms with Gasteiger partial charge in [0, 0.05) is 42.8 Å². The first-order valence-corrected chi connectivity index (χ1v) is 12.0. The maximum Gasteiger partial charge on any atom is 0.407 e. The standard InChI is InChI=1S/C28H30N4O5/c33-27(31-35)12-11-21-7-9-22(10-8-21)20-32(14-13-23-18-29-26-6-2-1-5-25(23)26)15-17-37-28(34)30-19-24-4-3-16-36-24/h1-12,16,18,29,35H,13-15,17,19-20H2,(H,30,34)(H,31,33)/b12-11+. The van der Waals surface area contributed by atoms with Crippen LogP contribution in [0.2, 0.25) is 0 Å². The van der Waals surface area contributed by atoms with E-state index in [1.54, 1.807) is 30.0 Å². The number of alkyl carbamates (subject to hydrolysis) is 1. The van der Waals surface area contributed by atoms with Gasteiger partial charge in [0.25, 0.3) is 5.91 Å². The number of hydrogen-bond donors (Lipinski definition) is 4. The quantitative estimate of drug-likeness (QED) is 0.131. The molecule has 0 spiro atoms. The Morgan fingerprint density at radius 1 is 1.05 bits per heavy atom. The third-order valence-corrected chi connectivity index (χ3v) is 5.92. The van der Waals surface area contributed by atoms with Gasteiger partial charge < -0.3 is 19.5 Å². The molecule has 0 aliphatic heterocycles. The molecule has 4 N–H and O–H groups in total. The Bertz CT molecular complexity index is 1310. The second-order valence-corrected chi connectivity index (χ2v) is 8.51. The molecule has 0 atom stereocenters. The van der Waals surface area contributed by atoms with E-state index in [0.717, 1.165) is 29.6 Å². The first kappa shape index (κ1) is 25.7. The average Bonchev–Trinajstić information content (AvgIpc) is 3.60. The Morgan fingerprint density at radius 3 is 2.68 bits per heavy atom. The molecule has 192 valence electrons. The van der Waals surface area contributed by atoms with Crippen LogP contribution in [0.3, 0.4) is 0 Å². The van der Waals surface area contributed by atoms with E-state index in [2.05, 4.69) is 27.3 Å². The third kappa shape index (κ3) is 7.83. The number of rotatable bonds is 12. The predicted octanol–water partition coefficient (Wildman–Crippen LogP) is 4.25. The summed E-state index contributed by atoms with van der Waals surface area (Å²) in [6.45, 7) is 2.53. The number of benzene rings is 2. The summed E-state index contributed by atoms with van der Waals surface area (Å²) in [6, 6.07) is 19.6. The number of carbonyl (C=O) groups is 2. The van der Waals surface area contributed by atoms with E-state index >= 15 is 0 Å². The maximum absolute atomic E-state index is 12.1. The van der Waals surface area contributed by atoms with Crippen molar-refractivity contribution < 1.29 is 24.0 Å². The van der Waals surface area contributed by atoms with Gasteiger partial charge in [-0.15, -0.1) is 0 Å². The lowest BCUT2D eigenvalue weighted by Gasteiger charge is -2.22. The van der Waals surface area contributed by atoms with Gasteiger partial charge in [0.15, 0.2) is 0 Å². The van der Waals surface area contributed by atoms with E-state index in [4.69, 9.17) is 14.4 Å². The summed E-state index contributed by atoms with van der Waals surface area (Å²) in [7, 11) is 0.